The molecule has 0 aliphatic rings. The first-order valence-corrected chi connectivity index (χ1v) is 6.36. The molecule has 2 aromatic rings. The van der Waals surface area contributed by atoms with E-state index in [1.165, 1.54) is 0 Å². The molecule has 0 saturated heterocycles. The van der Waals surface area contributed by atoms with Crippen LogP contribution in [0.15, 0.2) is 10.5 Å². The highest BCUT2D eigenvalue weighted by Crippen LogP contribution is 2.28. The summed E-state index contributed by atoms with van der Waals surface area (Å²) in [5, 5.41) is 14.1. The Morgan fingerprint density at radius 2 is 2.18 bits per heavy atom. The first kappa shape index (κ1) is 12.8. The zero-order chi connectivity index (χ0) is 12.8. The molecule has 0 amide bonds. The van der Waals surface area contributed by atoms with Crippen LogP contribution < -0.4 is 0 Å². The average Bonchev–Trinajstić information content (AvgIpc) is 2.57. The third kappa shape index (κ3) is 2.07. The Balaban J connectivity index is 2.74. The Bertz CT molecular complexity index is 580. The fraction of sp³-hybridized carbons (Fsp3) is 0.455. The van der Waals surface area contributed by atoms with Gasteiger partial charge in [0.05, 0.1) is 22.5 Å². The van der Waals surface area contributed by atoms with Crippen molar-refractivity contribution in [1.29, 1.82) is 0 Å². The third-order valence-electron chi connectivity index (χ3n) is 2.74. The molecular weight excluding hydrogens is 305 g/mol. The molecule has 0 atom stereocenters. The molecule has 1 N–H and O–H groups in total. The lowest BCUT2D eigenvalue weighted by atomic mass is 9.90. The highest BCUT2D eigenvalue weighted by Gasteiger charge is 2.24. The normalized spacial score (nSPS) is 12.4. The molecular formula is C11H13BrClN3O. The zero-order valence-electron chi connectivity index (χ0n) is 9.83. The number of fused-ring (bicyclic) bond motifs is 1. The average molecular weight is 319 g/mol. The van der Waals surface area contributed by atoms with E-state index in [-0.39, 0.29) is 6.61 Å². The van der Waals surface area contributed by atoms with Crippen molar-refractivity contribution in [2.75, 3.05) is 6.61 Å². The Morgan fingerprint density at radius 1 is 1.53 bits per heavy atom. The number of aliphatic hydroxyl groups is 1. The lowest BCUT2D eigenvalue weighted by Crippen LogP contribution is -2.24. The highest BCUT2D eigenvalue weighted by molar-refractivity contribution is 9.10. The van der Waals surface area contributed by atoms with Gasteiger partial charge in [-0.05, 0) is 28.9 Å². The molecule has 0 unspecified atom stereocenters. The third-order valence-corrected chi connectivity index (χ3v) is 3.94. The van der Waals surface area contributed by atoms with Crippen molar-refractivity contribution in [3.63, 3.8) is 0 Å². The summed E-state index contributed by atoms with van der Waals surface area (Å²) in [6.45, 7) is 5.72. The van der Waals surface area contributed by atoms with Gasteiger partial charge in [-0.1, -0.05) is 25.4 Å². The molecule has 2 rings (SSSR count). The predicted molar refractivity (Wildman–Crippen MR) is 70.5 cm³/mol. The van der Waals surface area contributed by atoms with Gasteiger partial charge < -0.3 is 5.11 Å². The summed E-state index contributed by atoms with van der Waals surface area (Å²) >= 11 is 9.61. The van der Waals surface area contributed by atoms with Crippen LogP contribution in [0.1, 0.15) is 25.2 Å². The van der Waals surface area contributed by atoms with Gasteiger partial charge in [-0.2, -0.15) is 5.10 Å². The minimum atomic E-state index is -0.428. The van der Waals surface area contributed by atoms with E-state index in [9.17, 15) is 5.11 Å². The molecule has 92 valence electrons. The summed E-state index contributed by atoms with van der Waals surface area (Å²) in [4.78, 5) is 4.51. The van der Waals surface area contributed by atoms with E-state index < -0.39 is 5.41 Å². The van der Waals surface area contributed by atoms with Crippen LogP contribution in [0.3, 0.4) is 0 Å². The van der Waals surface area contributed by atoms with Gasteiger partial charge in [-0.25, -0.2) is 9.50 Å². The maximum Gasteiger partial charge on any atom is 0.171 e. The largest absolute Gasteiger partial charge is 0.395 e. The van der Waals surface area contributed by atoms with Crippen LogP contribution in [0.5, 0.6) is 0 Å². The second kappa shape index (κ2) is 4.23. The maximum absolute atomic E-state index is 9.37. The molecule has 0 saturated carbocycles. The summed E-state index contributed by atoms with van der Waals surface area (Å²) in [6.07, 6.45) is 0. The second-order valence-corrected chi connectivity index (χ2v) is 5.82. The molecule has 0 aliphatic carbocycles. The molecule has 0 bridgehead atoms. The summed E-state index contributed by atoms with van der Waals surface area (Å²) in [6, 6.07) is 1.74. The van der Waals surface area contributed by atoms with E-state index in [2.05, 4.69) is 26.0 Å². The van der Waals surface area contributed by atoms with Crippen molar-refractivity contribution >= 4 is 33.2 Å². The first-order chi connectivity index (χ1) is 7.86. The van der Waals surface area contributed by atoms with Gasteiger partial charge in [0, 0.05) is 5.41 Å². The lowest BCUT2D eigenvalue weighted by molar-refractivity contribution is 0.215. The summed E-state index contributed by atoms with van der Waals surface area (Å²) in [5.41, 5.74) is 1.83. The van der Waals surface area contributed by atoms with Crippen molar-refractivity contribution in [3.05, 3.63) is 27.1 Å². The lowest BCUT2D eigenvalue weighted by Gasteiger charge is -2.21. The standard InChI is InChI=1S/C11H13BrClN3O/c1-6-9(12)10-14-7(11(2,3)5-17)4-8(13)16(10)15-6/h4,17H,5H2,1-3H3. The smallest absolute Gasteiger partial charge is 0.171 e. The number of aliphatic hydroxyl groups excluding tert-OH is 1. The molecule has 17 heavy (non-hydrogen) atoms. The molecule has 0 fully saturated rings. The highest BCUT2D eigenvalue weighted by atomic mass is 79.9. The summed E-state index contributed by atoms with van der Waals surface area (Å²) < 4.78 is 2.41. The van der Waals surface area contributed by atoms with Gasteiger partial charge in [-0.3, -0.25) is 0 Å². The van der Waals surface area contributed by atoms with Crippen molar-refractivity contribution in [3.8, 4) is 0 Å². The van der Waals surface area contributed by atoms with E-state index in [1.807, 2.05) is 20.8 Å². The van der Waals surface area contributed by atoms with Crippen molar-refractivity contribution < 1.29 is 5.11 Å². The Kier molecular flexibility index (Phi) is 3.18. The zero-order valence-corrected chi connectivity index (χ0v) is 12.2. The van der Waals surface area contributed by atoms with Gasteiger partial charge in [0.1, 0.15) is 5.15 Å². The SMILES string of the molecule is Cc1nn2c(Cl)cc(C(C)(C)CO)nc2c1Br. The fourth-order valence-electron chi connectivity index (χ4n) is 1.49. The number of aromatic nitrogens is 3. The van der Waals surface area contributed by atoms with E-state index in [0.717, 1.165) is 15.9 Å². The van der Waals surface area contributed by atoms with Gasteiger partial charge >= 0.3 is 0 Å². The Labute approximate surface area is 113 Å². The van der Waals surface area contributed by atoms with Crippen LogP contribution in [0.4, 0.5) is 0 Å². The molecule has 4 nitrogen and oxygen atoms in total. The minimum absolute atomic E-state index is 0.0112. The molecule has 6 heteroatoms. The van der Waals surface area contributed by atoms with Crippen LogP contribution in [0.2, 0.25) is 5.15 Å². The van der Waals surface area contributed by atoms with E-state index >= 15 is 0 Å². The van der Waals surface area contributed by atoms with Crippen LogP contribution >= 0.6 is 27.5 Å². The number of nitrogens with zero attached hydrogens (tertiary/aromatic N) is 3. The van der Waals surface area contributed by atoms with Crippen LogP contribution in [0, 0.1) is 6.92 Å². The number of rotatable bonds is 2. The molecule has 0 radical (unpaired) electrons. The number of aryl methyl sites for hydroxylation is 1. The van der Waals surface area contributed by atoms with Gasteiger partial charge in [0.2, 0.25) is 0 Å². The Hall–Kier alpha value is -0.650. The minimum Gasteiger partial charge on any atom is -0.395 e. The predicted octanol–water partition coefficient (Wildman–Crippen LogP) is 2.72. The number of halogens is 2. The monoisotopic (exact) mass is 317 g/mol. The molecule has 0 spiro atoms. The molecule has 0 aromatic carbocycles. The van der Waals surface area contributed by atoms with Crippen LogP contribution in [-0.2, 0) is 5.41 Å². The van der Waals surface area contributed by atoms with Crippen LogP contribution in [0.25, 0.3) is 5.65 Å². The van der Waals surface area contributed by atoms with E-state index in [1.54, 1.807) is 10.6 Å². The van der Waals surface area contributed by atoms with Gasteiger partial charge in [0.15, 0.2) is 5.65 Å². The van der Waals surface area contributed by atoms with Gasteiger partial charge in [-0.15, -0.1) is 0 Å². The molecule has 2 aromatic heterocycles. The van der Waals surface area contributed by atoms with Crippen molar-refractivity contribution in [2.24, 2.45) is 0 Å². The van der Waals surface area contributed by atoms with Gasteiger partial charge in [0.25, 0.3) is 0 Å². The van der Waals surface area contributed by atoms with Crippen molar-refractivity contribution in [1.82, 2.24) is 14.6 Å². The summed E-state index contributed by atoms with van der Waals surface area (Å²) in [5.74, 6) is 0. The topological polar surface area (TPSA) is 50.4 Å². The molecule has 2 heterocycles. The summed E-state index contributed by atoms with van der Waals surface area (Å²) in [7, 11) is 0. The first-order valence-electron chi connectivity index (χ1n) is 5.19. The Morgan fingerprint density at radius 3 is 2.76 bits per heavy atom. The number of hydrogen-bond acceptors (Lipinski definition) is 3. The van der Waals surface area contributed by atoms with E-state index in [0.29, 0.717) is 10.8 Å². The van der Waals surface area contributed by atoms with E-state index in [4.69, 9.17) is 11.6 Å². The quantitative estimate of drug-likeness (QED) is 0.866. The fourth-order valence-corrected chi connectivity index (χ4v) is 2.05. The van der Waals surface area contributed by atoms with Crippen LogP contribution in [-0.4, -0.2) is 26.3 Å². The van der Waals surface area contributed by atoms with Crippen molar-refractivity contribution in [2.45, 2.75) is 26.2 Å². The molecule has 0 aliphatic heterocycles. The maximum atomic E-state index is 9.37. The second-order valence-electron chi connectivity index (χ2n) is 4.64. The number of hydrogen-bond donors (Lipinski definition) is 1.